The Morgan fingerprint density at radius 2 is 1.86 bits per heavy atom. The van der Waals surface area contributed by atoms with Crippen LogP contribution in [0.4, 0.5) is 13.2 Å². The predicted octanol–water partition coefficient (Wildman–Crippen LogP) is 2.58. The number of aromatic nitrogens is 2. The fraction of sp³-hybridized carbons (Fsp3) is 0.500. The quantitative estimate of drug-likeness (QED) is 0.828. The van der Waals surface area contributed by atoms with Crippen LogP contribution in [0, 0.1) is 0 Å². The molecule has 0 saturated carbocycles. The number of likely N-dealkylation sites (tertiary alicyclic amines) is 1. The number of hydrogen-bond acceptors (Lipinski definition) is 4. The topological polar surface area (TPSA) is 67.6 Å². The van der Waals surface area contributed by atoms with Gasteiger partial charge in [-0.05, 0) is 43.9 Å². The predicted molar refractivity (Wildman–Crippen MR) is 97.4 cm³/mol. The third-order valence-corrected chi connectivity index (χ3v) is 5.82. The van der Waals surface area contributed by atoms with E-state index in [1.165, 1.54) is 0 Å². The number of ether oxygens (including phenoxy) is 1. The van der Waals surface area contributed by atoms with E-state index >= 15 is 0 Å². The minimum absolute atomic E-state index is 0.0582. The summed E-state index contributed by atoms with van der Waals surface area (Å²) in [5, 5.41) is 14.4. The van der Waals surface area contributed by atoms with E-state index in [-0.39, 0.29) is 13.1 Å². The summed E-state index contributed by atoms with van der Waals surface area (Å²) in [4.78, 5) is 13.3. The van der Waals surface area contributed by atoms with Gasteiger partial charge in [-0.3, -0.25) is 4.79 Å². The fourth-order valence-corrected chi connectivity index (χ4v) is 4.00. The van der Waals surface area contributed by atoms with Crippen LogP contribution in [-0.2, 0) is 21.6 Å². The highest BCUT2D eigenvalue weighted by molar-refractivity contribution is 5.85. The minimum Gasteiger partial charge on any atom is -0.373 e. The molecule has 4 rings (SSSR count). The number of benzene rings is 1. The molecule has 1 aromatic heterocycles. The van der Waals surface area contributed by atoms with E-state index in [1.54, 1.807) is 4.68 Å². The Hall–Kier alpha value is -2.39. The van der Waals surface area contributed by atoms with Crippen molar-refractivity contribution in [3.8, 4) is 5.69 Å². The van der Waals surface area contributed by atoms with Gasteiger partial charge in [0.25, 0.3) is 5.91 Å². The molecule has 1 N–H and O–H groups in total. The van der Waals surface area contributed by atoms with Crippen LogP contribution in [-0.4, -0.2) is 57.2 Å². The zero-order valence-electron chi connectivity index (χ0n) is 15.9. The van der Waals surface area contributed by atoms with Gasteiger partial charge in [-0.25, -0.2) is 4.68 Å². The highest BCUT2D eigenvalue weighted by Gasteiger charge is 2.58. The number of alkyl halides is 3. The molecule has 9 heteroatoms. The summed E-state index contributed by atoms with van der Waals surface area (Å²) in [7, 11) is 0. The molecule has 156 valence electrons. The van der Waals surface area contributed by atoms with Gasteiger partial charge < -0.3 is 14.7 Å². The lowest BCUT2D eigenvalue weighted by molar-refractivity contribution is -0.251. The molecular weight excluding hydrogens is 387 g/mol. The molecular formula is C20H22F3N3O3. The molecule has 1 unspecified atom stereocenters. The van der Waals surface area contributed by atoms with E-state index in [9.17, 15) is 23.1 Å². The Bertz CT molecular complexity index is 901. The highest BCUT2D eigenvalue weighted by Crippen LogP contribution is 2.42. The minimum atomic E-state index is -5.03. The Balaban J connectivity index is 1.56. The van der Waals surface area contributed by atoms with Crippen molar-refractivity contribution in [2.45, 2.75) is 43.6 Å². The standard InChI is InChI=1S/C20H22F3N3O3/c1-18(28,20(21,22)23)17(27)25-10-8-19(9-11-25)16-14(7-12-29-19)13-26(24-16)15-5-3-2-4-6-15/h2-6,13,28H,7-12H2,1H3. The lowest BCUT2D eigenvalue weighted by Gasteiger charge is -2.44. The van der Waals surface area contributed by atoms with Gasteiger partial charge in [-0.1, -0.05) is 18.2 Å². The van der Waals surface area contributed by atoms with Crippen LogP contribution in [0.25, 0.3) is 5.69 Å². The molecule has 2 aliphatic rings. The third kappa shape index (κ3) is 3.32. The fourth-order valence-electron chi connectivity index (χ4n) is 4.00. The summed E-state index contributed by atoms with van der Waals surface area (Å²) in [5.74, 6) is -1.33. The maximum absolute atomic E-state index is 13.0. The van der Waals surface area contributed by atoms with Gasteiger partial charge in [0, 0.05) is 19.3 Å². The molecule has 1 fully saturated rings. The summed E-state index contributed by atoms with van der Waals surface area (Å²) >= 11 is 0. The van der Waals surface area contributed by atoms with E-state index in [2.05, 4.69) is 0 Å². The maximum Gasteiger partial charge on any atom is 0.426 e. The SMILES string of the molecule is CC(O)(C(=O)N1CCC2(CC1)OCCc1cn(-c3ccccc3)nc12)C(F)(F)F. The van der Waals surface area contributed by atoms with Crippen LogP contribution in [0.1, 0.15) is 31.0 Å². The molecule has 1 spiro atoms. The number of carbonyl (C=O) groups is 1. The monoisotopic (exact) mass is 409 g/mol. The summed E-state index contributed by atoms with van der Waals surface area (Å²) < 4.78 is 46.9. The summed E-state index contributed by atoms with van der Waals surface area (Å²) in [5.41, 5.74) is -1.39. The first-order chi connectivity index (χ1) is 13.6. The van der Waals surface area contributed by atoms with E-state index in [0.717, 1.165) is 21.8 Å². The number of carbonyl (C=O) groups excluding carboxylic acids is 1. The summed E-state index contributed by atoms with van der Waals surface area (Å²) in [6.45, 7) is 1.10. The van der Waals surface area contributed by atoms with Gasteiger partial charge in [-0.2, -0.15) is 18.3 Å². The summed E-state index contributed by atoms with van der Waals surface area (Å²) in [6.07, 6.45) is -1.71. The van der Waals surface area contributed by atoms with Crippen LogP contribution in [0.3, 0.4) is 0 Å². The average molecular weight is 409 g/mol. The van der Waals surface area contributed by atoms with E-state index in [0.29, 0.717) is 32.8 Å². The number of fused-ring (bicyclic) bond motifs is 2. The molecule has 2 aliphatic heterocycles. The second-order valence-corrected chi connectivity index (χ2v) is 7.74. The van der Waals surface area contributed by atoms with E-state index in [1.807, 2.05) is 36.5 Å². The van der Waals surface area contributed by atoms with Crippen LogP contribution >= 0.6 is 0 Å². The van der Waals surface area contributed by atoms with Crippen molar-refractivity contribution in [2.75, 3.05) is 19.7 Å². The Morgan fingerprint density at radius 1 is 1.21 bits per heavy atom. The number of rotatable bonds is 2. The zero-order valence-corrected chi connectivity index (χ0v) is 15.9. The molecule has 1 amide bonds. The van der Waals surface area contributed by atoms with Crippen LogP contribution < -0.4 is 0 Å². The molecule has 3 heterocycles. The third-order valence-electron chi connectivity index (χ3n) is 5.82. The number of aliphatic hydroxyl groups is 1. The largest absolute Gasteiger partial charge is 0.426 e. The Morgan fingerprint density at radius 3 is 2.48 bits per heavy atom. The Kier molecular flexibility index (Phi) is 4.70. The molecule has 29 heavy (non-hydrogen) atoms. The molecule has 1 atom stereocenters. The molecule has 1 aromatic carbocycles. The molecule has 0 bridgehead atoms. The molecule has 1 saturated heterocycles. The lowest BCUT2D eigenvalue weighted by Crippen LogP contribution is -2.59. The summed E-state index contributed by atoms with van der Waals surface area (Å²) in [6, 6.07) is 9.62. The van der Waals surface area contributed by atoms with E-state index < -0.39 is 23.3 Å². The van der Waals surface area contributed by atoms with Crippen LogP contribution in [0.2, 0.25) is 0 Å². The van der Waals surface area contributed by atoms with Crippen molar-refractivity contribution in [3.63, 3.8) is 0 Å². The van der Waals surface area contributed by atoms with Crippen molar-refractivity contribution in [3.05, 3.63) is 47.8 Å². The van der Waals surface area contributed by atoms with Crippen LogP contribution in [0.5, 0.6) is 0 Å². The first-order valence-corrected chi connectivity index (χ1v) is 9.51. The van der Waals surface area contributed by atoms with Gasteiger partial charge in [0.1, 0.15) is 5.60 Å². The number of hydrogen-bond donors (Lipinski definition) is 1. The number of halogens is 3. The van der Waals surface area contributed by atoms with Gasteiger partial charge in [0.2, 0.25) is 5.60 Å². The maximum atomic E-state index is 13.0. The normalized spacial score (nSPS) is 20.9. The van der Waals surface area contributed by atoms with Gasteiger partial charge in [0.15, 0.2) is 0 Å². The zero-order chi connectivity index (χ0) is 20.9. The molecule has 0 radical (unpaired) electrons. The second-order valence-electron chi connectivity index (χ2n) is 7.74. The smallest absolute Gasteiger partial charge is 0.373 e. The number of piperidine rings is 1. The molecule has 6 nitrogen and oxygen atoms in total. The average Bonchev–Trinajstić information content (AvgIpc) is 3.14. The Labute approximate surface area is 165 Å². The number of para-hydroxylation sites is 1. The van der Waals surface area contributed by atoms with E-state index in [4.69, 9.17) is 9.84 Å². The molecule has 0 aliphatic carbocycles. The van der Waals surface area contributed by atoms with Gasteiger partial charge in [-0.15, -0.1) is 0 Å². The first kappa shape index (κ1) is 19.9. The van der Waals surface area contributed by atoms with Gasteiger partial charge in [0.05, 0.1) is 18.0 Å². The lowest BCUT2D eigenvalue weighted by atomic mass is 9.83. The highest BCUT2D eigenvalue weighted by atomic mass is 19.4. The van der Waals surface area contributed by atoms with Crippen molar-refractivity contribution >= 4 is 5.91 Å². The second kappa shape index (κ2) is 6.84. The van der Waals surface area contributed by atoms with Crippen molar-refractivity contribution in [2.24, 2.45) is 0 Å². The first-order valence-electron chi connectivity index (χ1n) is 9.51. The van der Waals surface area contributed by atoms with Crippen molar-refractivity contribution < 1.29 is 27.8 Å². The van der Waals surface area contributed by atoms with Crippen molar-refractivity contribution in [1.29, 1.82) is 0 Å². The number of nitrogens with zero attached hydrogens (tertiary/aromatic N) is 3. The van der Waals surface area contributed by atoms with Crippen molar-refractivity contribution in [1.82, 2.24) is 14.7 Å². The van der Waals surface area contributed by atoms with Gasteiger partial charge >= 0.3 is 6.18 Å². The molecule has 2 aromatic rings. The number of amides is 1. The van der Waals surface area contributed by atoms with Crippen LogP contribution in [0.15, 0.2) is 36.5 Å².